The van der Waals surface area contributed by atoms with Crippen molar-refractivity contribution in [3.8, 4) is 0 Å². The summed E-state index contributed by atoms with van der Waals surface area (Å²) >= 11 is 10.8. The van der Waals surface area contributed by atoms with Crippen LogP contribution in [0, 0.1) is 6.92 Å². The summed E-state index contributed by atoms with van der Waals surface area (Å²) in [6.45, 7) is 1.96. The molecule has 0 fully saturated rings. The van der Waals surface area contributed by atoms with Crippen LogP contribution in [0.4, 0.5) is 5.69 Å². The summed E-state index contributed by atoms with van der Waals surface area (Å²) in [5.41, 5.74) is 7.65. The smallest absolute Gasteiger partial charge is 0.184 e. The van der Waals surface area contributed by atoms with E-state index in [0.29, 0.717) is 5.11 Å². The Morgan fingerprint density at radius 3 is 2.71 bits per heavy atom. The molecule has 76 valence electrons. The summed E-state index contributed by atoms with van der Waals surface area (Å²) in [6, 6.07) is 5.70. The molecule has 0 aliphatic heterocycles. The number of rotatable bonds is 2. The summed E-state index contributed by atoms with van der Waals surface area (Å²) in [5.74, 6) is 0. The van der Waals surface area contributed by atoms with Crippen molar-refractivity contribution in [2.24, 2.45) is 0 Å². The van der Waals surface area contributed by atoms with E-state index in [1.807, 2.05) is 25.1 Å². The normalized spacial score (nSPS) is 9.36. The molecule has 0 aliphatic carbocycles. The monoisotopic (exact) mass is 229 g/mol. The van der Waals surface area contributed by atoms with E-state index in [-0.39, 0.29) is 0 Å². The van der Waals surface area contributed by atoms with Crippen LogP contribution < -0.4 is 16.2 Å². The first-order valence-corrected chi connectivity index (χ1v) is 4.92. The largest absolute Gasteiger partial charge is 0.364 e. The summed E-state index contributed by atoms with van der Waals surface area (Å²) in [6.07, 6.45) is 0. The molecule has 0 saturated carbocycles. The molecule has 3 nitrogen and oxygen atoms in total. The van der Waals surface area contributed by atoms with Gasteiger partial charge in [0.25, 0.3) is 0 Å². The number of benzene rings is 1. The van der Waals surface area contributed by atoms with E-state index in [4.69, 9.17) is 23.8 Å². The molecule has 0 aliphatic rings. The Balaban J connectivity index is 2.60. The van der Waals surface area contributed by atoms with Gasteiger partial charge in [0.15, 0.2) is 5.11 Å². The van der Waals surface area contributed by atoms with Gasteiger partial charge >= 0.3 is 0 Å². The SMILES string of the molecule is CNC(=S)NNc1ccc(C)c(Cl)c1. The predicted octanol–water partition coefficient (Wildman–Crippen LogP) is 2.07. The minimum absolute atomic E-state index is 0.529. The molecule has 0 saturated heterocycles. The minimum Gasteiger partial charge on any atom is -0.364 e. The number of hydrogen-bond donors (Lipinski definition) is 3. The van der Waals surface area contributed by atoms with Gasteiger partial charge in [-0.15, -0.1) is 0 Å². The van der Waals surface area contributed by atoms with Gasteiger partial charge in [-0.3, -0.25) is 10.9 Å². The van der Waals surface area contributed by atoms with Crippen LogP contribution in [0.3, 0.4) is 0 Å². The second-order valence-corrected chi connectivity index (χ2v) is 3.61. The molecule has 0 heterocycles. The zero-order chi connectivity index (χ0) is 10.6. The Kier molecular flexibility index (Phi) is 3.98. The van der Waals surface area contributed by atoms with E-state index in [2.05, 4.69) is 16.2 Å². The van der Waals surface area contributed by atoms with E-state index in [1.54, 1.807) is 7.05 Å². The van der Waals surface area contributed by atoms with E-state index in [1.165, 1.54) is 0 Å². The van der Waals surface area contributed by atoms with Gasteiger partial charge in [-0.1, -0.05) is 17.7 Å². The van der Waals surface area contributed by atoms with Crippen LogP contribution in [0.15, 0.2) is 18.2 Å². The van der Waals surface area contributed by atoms with Crippen molar-refractivity contribution in [3.05, 3.63) is 28.8 Å². The molecule has 1 rings (SSSR count). The lowest BCUT2D eigenvalue weighted by Gasteiger charge is -2.10. The zero-order valence-electron chi connectivity index (χ0n) is 8.02. The molecule has 0 unspecified atom stereocenters. The highest BCUT2D eigenvalue weighted by molar-refractivity contribution is 7.80. The van der Waals surface area contributed by atoms with Crippen molar-refractivity contribution in [2.75, 3.05) is 12.5 Å². The van der Waals surface area contributed by atoms with Crippen LogP contribution in [0.2, 0.25) is 5.02 Å². The Hall–Kier alpha value is -1.00. The van der Waals surface area contributed by atoms with Crippen LogP contribution in [0.5, 0.6) is 0 Å². The highest BCUT2D eigenvalue weighted by Crippen LogP contribution is 2.19. The molecule has 0 radical (unpaired) electrons. The van der Waals surface area contributed by atoms with Crippen LogP contribution in [-0.2, 0) is 0 Å². The lowest BCUT2D eigenvalue weighted by molar-refractivity contribution is 1.04. The average molecular weight is 230 g/mol. The highest BCUT2D eigenvalue weighted by atomic mass is 35.5. The summed E-state index contributed by atoms with van der Waals surface area (Å²) in [4.78, 5) is 0. The Morgan fingerprint density at radius 2 is 2.14 bits per heavy atom. The maximum Gasteiger partial charge on any atom is 0.184 e. The fraction of sp³-hybridized carbons (Fsp3) is 0.222. The van der Waals surface area contributed by atoms with Gasteiger partial charge in [-0.05, 0) is 36.8 Å². The first-order valence-electron chi connectivity index (χ1n) is 4.13. The number of thiocarbonyl (C=S) groups is 1. The maximum atomic E-state index is 5.95. The molecule has 0 bridgehead atoms. The van der Waals surface area contributed by atoms with Crippen LogP contribution in [0.1, 0.15) is 5.56 Å². The standard InChI is InChI=1S/C9H12ClN3S/c1-6-3-4-7(5-8(6)10)12-13-9(14)11-2/h3-5,12H,1-2H3,(H2,11,13,14). The van der Waals surface area contributed by atoms with Gasteiger partial charge in [-0.2, -0.15) is 0 Å². The fourth-order valence-electron chi connectivity index (χ4n) is 0.862. The average Bonchev–Trinajstić information content (AvgIpc) is 2.19. The Bertz CT molecular complexity index is 341. The molecular formula is C9H12ClN3S. The van der Waals surface area contributed by atoms with Gasteiger partial charge in [-0.25, -0.2) is 0 Å². The second-order valence-electron chi connectivity index (χ2n) is 2.79. The number of aryl methyl sites for hydroxylation is 1. The third-order valence-electron chi connectivity index (χ3n) is 1.72. The fourth-order valence-corrected chi connectivity index (χ4v) is 1.09. The summed E-state index contributed by atoms with van der Waals surface area (Å²) in [7, 11) is 1.75. The van der Waals surface area contributed by atoms with E-state index in [9.17, 15) is 0 Å². The number of hydrogen-bond acceptors (Lipinski definition) is 2. The van der Waals surface area contributed by atoms with Crippen molar-refractivity contribution >= 4 is 34.6 Å². The van der Waals surface area contributed by atoms with E-state index < -0.39 is 0 Å². The lowest BCUT2D eigenvalue weighted by atomic mass is 10.2. The first kappa shape index (κ1) is 11.1. The molecular weight excluding hydrogens is 218 g/mol. The predicted molar refractivity (Wildman–Crippen MR) is 64.6 cm³/mol. The van der Waals surface area contributed by atoms with Gasteiger partial charge in [0.1, 0.15) is 0 Å². The van der Waals surface area contributed by atoms with E-state index in [0.717, 1.165) is 16.3 Å². The van der Waals surface area contributed by atoms with Crippen LogP contribution in [0.25, 0.3) is 0 Å². The number of anilines is 1. The van der Waals surface area contributed by atoms with Crippen molar-refractivity contribution in [1.29, 1.82) is 0 Å². The molecule has 5 heteroatoms. The number of hydrazine groups is 1. The summed E-state index contributed by atoms with van der Waals surface area (Å²) < 4.78 is 0. The molecule has 1 aromatic rings. The molecule has 0 atom stereocenters. The Morgan fingerprint density at radius 1 is 1.43 bits per heavy atom. The van der Waals surface area contributed by atoms with Crippen molar-refractivity contribution < 1.29 is 0 Å². The molecule has 1 aromatic carbocycles. The number of nitrogens with one attached hydrogen (secondary N) is 3. The van der Waals surface area contributed by atoms with Gasteiger partial charge in [0.05, 0.1) is 5.69 Å². The van der Waals surface area contributed by atoms with E-state index >= 15 is 0 Å². The molecule has 14 heavy (non-hydrogen) atoms. The summed E-state index contributed by atoms with van der Waals surface area (Å²) in [5, 5.41) is 4.04. The van der Waals surface area contributed by atoms with Crippen LogP contribution >= 0.6 is 23.8 Å². The Labute approximate surface area is 93.8 Å². The molecule has 0 amide bonds. The first-order chi connectivity index (χ1) is 6.63. The molecule has 3 N–H and O–H groups in total. The van der Waals surface area contributed by atoms with Gasteiger partial charge < -0.3 is 5.32 Å². The van der Waals surface area contributed by atoms with Gasteiger partial charge in [0.2, 0.25) is 0 Å². The van der Waals surface area contributed by atoms with Crippen molar-refractivity contribution in [1.82, 2.24) is 10.7 Å². The topological polar surface area (TPSA) is 36.1 Å². The lowest BCUT2D eigenvalue weighted by Crippen LogP contribution is -2.36. The second kappa shape index (κ2) is 5.02. The van der Waals surface area contributed by atoms with Crippen molar-refractivity contribution in [3.63, 3.8) is 0 Å². The quantitative estimate of drug-likeness (QED) is 0.536. The van der Waals surface area contributed by atoms with Crippen LogP contribution in [-0.4, -0.2) is 12.2 Å². The van der Waals surface area contributed by atoms with Crippen molar-refractivity contribution in [2.45, 2.75) is 6.92 Å². The number of halogens is 1. The third kappa shape index (κ3) is 3.05. The maximum absolute atomic E-state index is 5.95. The third-order valence-corrected chi connectivity index (χ3v) is 2.43. The zero-order valence-corrected chi connectivity index (χ0v) is 9.59. The minimum atomic E-state index is 0.529. The highest BCUT2D eigenvalue weighted by Gasteiger charge is 1.97. The van der Waals surface area contributed by atoms with Gasteiger partial charge in [0, 0.05) is 12.1 Å². The molecule has 0 spiro atoms. The molecule has 0 aromatic heterocycles.